The second-order valence-electron chi connectivity index (χ2n) is 6.15. The number of carbonyl (C=O) groups excluding carboxylic acids is 2. The molecule has 0 aromatic heterocycles. The zero-order valence-corrected chi connectivity index (χ0v) is 14.5. The molecule has 3 N–H and O–H groups in total. The van der Waals surface area contributed by atoms with E-state index < -0.39 is 6.04 Å². The summed E-state index contributed by atoms with van der Waals surface area (Å²) in [5.41, 5.74) is 4.45. The largest absolute Gasteiger partial charge is 0.497 e. The Morgan fingerprint density at radius 2 is 1.88 bits per heavy atom. The molecule has 2 amide bonds. The molecule has 1 atom stereocenters. The molecule has 6 heteroatoms. The Kier molecular flexibility index (Phi) is 4.61. The highest BCUT2D eigenvalue weighted by Gasteiger charge is 2.28. The van der Waals surface area contributed by atoms with Crippen LogP contribution in [-0.2, 0) is 9.59 Å². The van der Waals surface area contributed by atoms with E-state index in [1.165, 1.54) is 0 Å². The summed E-state index contributed by atoms with van der Waals surface area (Å²) in [7, 11) is 1.57. The number of carbonyl (C=O) groups is 2. The van der Waals surface area contributed by atoms with E-state index in [1.54, 1.807) is 31.4 Å². The number of ether oxygens (including phenoxy) is 1. The number of rotatable bonds is 4. The Hall–Kier alpha value is -3.02. The topological polar surface area (TPSA) is 79.5 Å². The maximum absolute atomic E-state index is 12.3. The van der Waals surface area contributed by atoms with Crippen molar-refractivity contribution in [1.82, 2.24) is 0 Å². The van der Waals surface area contributed by atoms with Gasteiger partial charge in [0.15, 0.2) is 0 Å². The van der Waals surface area contributed by atoms with Crippen LogP contribution in [0.4, 0.5) is 17.1 Å². The Bertz CT molecular complexity index is 833. The molecule has 1 unspecified atom stereocenters. The molecule has 1 heterocycles. The number of methoxy groups -OCH3 is 1. The van der Waals surface area contributed by atoms with Gasteiger partial charge in [0.25, 0.3) is 0 Å². The molecule has 130 valence electrons. The van der Waals surface area contributed by atoms with Gasteiger partial charge in [-0.1, -0.05) is 6.07 Å². The highest BCUT2D eigenvalue weighted by molar-refractivity contribution is 6.06. The van der Waals surface area contributed by atoms with E-state index in [-0.39, 0.29) is 18.2 Å². The van der Waals surface area contributed by atoms with Gasteiger partial charge in [-0.25, -0.2) is 0 Å². The van der Waals surface area contributed by atoms with Crippen molar-refractivity contribution in [1.29, 1.82) is 0 Å². The SMILES string of the molecule is COc1cccc(NC(=O)CC2Nc3cc(C)c(C)cc3NC2=O)c1. The second kappa shape index (κ2) is 6.84. The zero-order valence-electron chi connectivity index (χ0n) is 14.5. The Balaban J connectivity index is 1.68. The highest BCUT2D eigenvalue weighted by atomic mass is 16.5. The zero-order chi connectivity index (χ0) is 18.0. The summed E-state index contributed by atoms with van der Waals surface area (Å²) in [5.74, 6) is 0.204. The summed E-state index contributed by atoms with van der Waals surface area (Å²) in [6.45, 7) is 4.01. The highest BCUT2D eigenvalue weighted by Crippen LogP contribution is 2.30. The molecule has 0 aliphatic carbocycles. The number of aryl methyl sites for hydroxylation is 2. The Labute approximate surface area is 146 Å². The number of nitrogens with one attached hydrogen (secondary N) is 3. The predicted octanol–water partition coefficient (Wildman–Crippen LogP) is 3.07. The van der Waals surface area contributed by atoms with Crippen molar-refractivity contribution in [3.63, 3.8) is 0 Å². The van der Waals surface area contributed by atoms with Gasteiger partial charge in [-0.15, -0.1) is 0 Å². The fourth-order valence-electron chi connectivity index (χ4n) is 2.75. The summed E-state index contributed by atoms with van der Waals surface area (Å²) in [4.78, 5) is 24.6. The number of fused-ring (bicyclic) bond motifs is 1. The van der Waals surface area contributed by atoms with Gasteiger partial charge >= 0.3 is 0 Å². The maximum Gasteiger partial charge on any atom is 0.247 e. The van der Waals surface area contributed by atoms with E-state index >= 15 is 0 Å². The van der Waals surface area contributed by atoms with Gasteiger partial charge in [-0.2, -0.15) is 0 Å². The average Bonchev–Trinajstić information content (AvgIpc) is 2.57. The van der Waals surface area contributed by atoms with Crippen LogP contribution >= 0.6 is 0 Å². The fourth-order valence-corrected chi connectivity index (χ4v) is 2.75. The minimum atomic E-state index is -0.611. The molecule has 1 aliphatic heterocycles. The molecule has 2 aromatic carbocycles. The molecule has 0 bridgehead atoms. The summed E-state index contributed by atoms with van der Waals surface area (Å²) >= 11 is 0. The van der Waals surface area contributed by atoms with Crippen LogP contribution < -0.4 is 20.7 Å². The van der Waals surface area contributed by atoms with Crippen LogP contribution in [-0.4, -0.2) is 25.0 Å². The molecule has 0 fully saturated rings. The van der Waals surface area contributed by atoms with Crippen molar-refractivity contribution in [2.45, 2.75) is 26.3 Å². The number of hydrogen-bond donors (Lipinski definition) is 3. The molecule has 0 saturated heterocycles. The van der Waals surface area contributed by atoms with Crippen LogP contribution in [0.1, 0.15) is 17.5 Å². The summed E-state index contributed by atoms with van der Waals surface area (Å²) in [6, 6.07) is 10.4. The van der Waals surface area contributed by atoms with E-state index in [1.807, 2.05) is 26.0 Å². The standard InChI is InChI=1S/C19H21N3O3/c1-11-7-15-16(8-12(11)2)22-19(24)17(21-15)10-18(23)20-13-5-4-6-14(9-13)25-3/h4-9,17,21H,10H2,1-3H3,(H,20,23)(H,22,24). The molecule has 1 aliphatic rings. The van der Waals surface area contributed by atoms with Gasteiger partial charge < -0.3 is 20.7 Å². The molecule has 6 nitrogen and oxygen atoms in total. The number of amides is 2. The first-order valence-electron chi connectivity index (χ1n) is 8.09. The number of anilines is 3. The van der Waals surface area contributed by atoms with Crippen LogP contribution in [0.25, 0.3) is 0 Å². The lowest BCUT2D eigenvalue weighted by Gasteiger charge is -2.27. The molecule has 2 aromatic rings. The summed E-state index contributed by atoms with van der Waals surface area (Å²) in [6.07, 6.45) is 0.0371. The van der Waals surface area contributed by atoms with Crippen LogP contribution in [0.3, 0.4) is 0 Å². The van der Waals surface area contributed by atoms with Crippen LogP contribution in [0.15, 0.2) is 36.4 Å². The molecule has 0 saturated carbocycles. The van der Waals surface area contributed by atoms with Gasteiger partial charge in [0.05, 0.1) is 24.9 Å². The first-order valence-corrected chi connectivity index (χ1v) is 8.09. The molecule has 25 heavy (non-hydrogen) atoms. The van der Waals surface area contributed by atoms with Crippen molar-refractivity contribution < 1.29 is 14.3 Å². The average molecular weight is 339 g/mol. The fraction of sp³-hybridized carbons (Fsp3) is 0.263. The monoisotopic (exact) mass is 339 g/mol. The normalized spacial score (nSPS) is 15.6. The Morgan fingerprint density at radius 3 is 2.60 bits per heavy atom. The van der Waals surface area contributed by atoms with Crippen molar-refractivity contribution in [3.05, 3.63) is 47.5 Å². The third-order valence-electron chi connectivity index (χ3n) is 4.28. The molecular weight excluding hydrogens is 318 g/mol. The second-order valence-corrected chi connectivity index (χ2v) is 6.15. The lowest BCUT2D eigenvalue weighted by molar-refractivity contribution is -0.122. The van der Waals surface area contributed by atoms with E-state index in [4.69, 9.17) is 4.74 Å². The van der Waals surface area contributed by atoms with Crippen molar-refractivity contribution in [2.75, 3.05) is 23.1 Å². The first-order chi connectivity index (χ1) is 12.0. The van der Waals surface area contributed by atoms with Crippen molar-refractivity contribution >= 4 is 28.9 Å². The number of benzene rings is 2. The quantitative estimate of drug-likeness (QED) is 0.800. The first kappa shape index (κ1) is 16.8. The van der Waals surface area contributed by atoms with Crippen LogP contribution in [0, 0.1) is 13.8 Å². The molecule has 0 radical (unpaired) electrons. The molecule has 0 spiro atoms. The van der Waals surface area contributed by atoms with Crippen molar-refractivity contribution in [3.8, 4) is 5.75 Å². The van der Waals surface area contributed by atoms with Gasteiger partial charge in [0.1, 0.15) is 11.8 Å². The van der Waals surface area contributed by atoms with Gasteiger partial charge in [-0.05, 0) is 49.2 Å². The van der Waals surface area contributed by atoms with Gasteiger partial charge in [-0.3, -0.25) is 9.59 Å². The molecule has 3 rings (SSSR count). The number of hydrogen-bond acceptors (Lipinski definition) is 4. The minimum Gasteiger partial charge on any atom is -0.497 e. The van der Waals surface area contributed by atoms with Crippen LogP contribution in [0.2, 0.25) is 0 Å². The Morgan fingerprint density at radius 1 is 1.16 bits per heavy atom. The van der Waals surface area contributed by atoms with Crippen molar-refractivity contribution in [2.24, 2.45) is 0 Å². The maximum atomic E-state index is 12.3. The van der Waals surface area contributed by atoms with E-state index in [2.05, 4.69) is 16.0 Å². The smallest absolute Gasteiger partial charge is 0.247 e. The van der Waals surface area contributed by atoms with E-state index in [0.29, 0.717) is 11.4 Å². The van der Waals surface area contributed by atoms with E-state index in [9.17, 15) is 9.59 Å². The van der Waals surface area contributed by atoms with Gasteiger partial charge in [0.2, 0.25) is 11.8 Å². The summed E-state index contributed by atoms with van der Waals surface area (Å²) < 4.78 is 5.14. The van der Waals surface area contributed by atoms with Crippen LogP contribution in [0.5, 0.6) is 5.75 Å². The summed E-state index contributed by atoms with van der Waals surface area (Å²) in [5, 5.41) is 8.81. The van der Waals surface area contributed by atoms with Gasteiger partial charge in [0, 0.05) is 11.8 Å². The third-order valence-corrected chi connectivity index (χ3v) is 4.28. The van der Waals surface area contributed by atoms with E-state index in [0.717, 1.165) is 22.5 Å². The molecular formula is C19H21N3O3. The lowest BCUT2D eigenvalue weighted by atomic mass is 10.0. The third kappa shape index (κ3) is 3.74. The predicted molar refractivity (Wildman–Crippen MR) is 98.2 cm³/mol. The lowest BCUT2D eigenvalue weighted by Crippen LogP contribution is -2.41. The minimum absolute atomic E-state index is 0.0371.